The standard InChI is InChI=1S/C23H21ClN2O4S2/c1-13-8-11-31-17(13)12-18-21(27)26-20(15-6-4-5-7-16(15)24)19(14(2)25-23(26)32-18)22(28)30-10-9-29-3/h4-8,11-12,20H,9-10H2,1-3H3/b18-12-. The van der Waals surface area contributed by atoms with Gasteiger partial charge >= 0.3 is 5.97 Å². The van der Waals surface area contributed by atoms with Crippen LogP contribution in [-0.2, 0) is 14.3 Å². The molecule has 0 radical (unpaired) electrons. The van der Waals surface area contributed by atoms with Gasteiger partial charge < -0.3 is 9.47 Å². The maximum atomic E-state index is 13.5. The summed E-state index contributed by atoms with van der Waals surface area (Å²) in [7, 11) is 1.53. The van der Waals surface area contributed by atoms with Gasteiger partial charge in [-0.1, -0.05) is 41.1 Å². The van der Waals surface area contributed by atoms with Gasteiger partial charge in [-0.3, -0.25) is 9.36 Å². The third-order valence-electron chi connectivity index (χ3n) is 5.13. The summed E-state index contributed by atoms with van der Waals surface area (Å²) < 4.78 is 12.5. The number of nitrogens with zero attached hydrogens (tertiary/aromatic N) is 2. The van der Waals surface area contributed by atoms with E-state index in [0.717, 1.165) is 10.4 Å². The van der Waals surface area contributed by atoms with E-state index >= 15 is 0 Å². The average molecular weight is 489 g/mol. The number of benzene rings is 1. The van der Waals surface area contributed by atoms with Gasteiger partial charge in [0.15, 0.2) is 4.80 Å². The number of allylic oxidation sites excluding steroid dienone is 1. The van der Waals surface area contributed by atoms with Crippen molar-refractivity contribution in [2.45, 2.75) is 19.9 Å². The van der Waals surface area contributed by atoms with E-state index in [0.29, 0.717) is 31.2 Å². The van der Waals surface area contributed by atoms with Gasteiger partial charge in [0.1, 0.15) is 12.6 Å². The summed E-state index contributed by atoms with van der Waals surface area (Å²) in [5.74, 6) is -0.545. The van der Waals surface area contributed by atoms with Crippen LogP contribution in [0.2, 0.25) is 5.02 Å². The summed E-state index contributed by atoms with van der Waals surface area (Å²) in [5.41, 5.74) is 2.31. The number of fused-ring (bicyclic) bond motifs is 1. The quantitative estimate of drug-likeness (QED) is 0.393. The number of rotatable bonds is 6. The van der Waals surface area contributed by atoms with Gasteiger partial charge in [0.25, 0.3) is 5.56 Å². The van der Waals surface area contributed by atoms with E-state index in [1.54, 1.807) is 28.9 Å². The molecule has 1 atom stereocenters. The first-order chi connectivity index (χ1) is 15.4. The molecule has 0 spiro atoms. The lowest BCUT2D eigenvalue weighted by molar-refractivity contribution is -0.140. The predicted molar refractivity (Wildman–Crippen MR) is 127 cm³/mol. The number of carbonyl (C=O) groups is 1. The molecule has 0 saturated carbocycles. The molecule has 1 aromatic carbocycles. The Morgan fingerprint density at radius 2 is 2.03 bits per heavy atom. The number of hydrogen-bond acceptors (Lipinski definition) is 7. The largest absolute Gasteiger partial charge is 0.460 e. The molecule has 0 bridgehead atoms. The van der Waals surface area contributed by atoms with Gasteiger partial charge in [-0.15, -0.1) is 11.3 Å². The molecule has 0 aliphatic carbocycles. The molecular weight excluding hydrogens is 468 g/mol. The fourth-order valence-electron chi connectivity index (χ4n) is 3.52. The van der Waals surface area contributed by atoms with Crippen LogP contribution in [0.25, 0.3) is 6.08 Å². The number of hydrogen-bond donors (Lipinski definition) is 0. The second-order valence-corrected chi connectivity index (χ2v) is 9.56. The number of halogens is 1. The number of carbonyl (C=O) groups excluding carboxylic acids is 1. The minimum atomic E-state index is -0.735. The topological polar surface area (TPSA) is 69.9 Å². The third-order valence-corrected chi connectivity index (χ3v) is 7.42. The van der Waals surface area contributed by atoms with Crippen LogP contribution in [0, 0.1) is 6.92 Å². The van der Waals surface area contributed by atoms with Crippen LogP contribution in [-0.4, -0.2) is 30.9 Å². The molecule has 1 aliphatic heterocycles. The molecule has 9 heteroatoms. The molecule has 3 heterocycles. The molecular formula is C23H21ClN2O4S2. The van der Waals surface area contributed by atoms with Gasteiger partial charge in [0, 0.05) is 17.0 Å². The highest BCUT2D eigenvalue weighted by molar-refractivity contribution is 7.11. The van der Waals surface area contributed by atoms with E-state index in [-0.39, 0.29) is 18.8 Å². The van der Waals surface area contributed by atoms with Gasteiger partial charge in [0.2, 0.25) is 0 Å². The first-order valence-electron chi connectivity index (χ1n) is 9.89. The highest BCUT2D eigenvalue weighted by atomic mass is 35.5. The summed E-state index contributed by atoms with van der Waals surface area (Å²) in [5, 5.41) is 2.45. The van der Waals surface area contributed by atoms with Crippen molar-refractivity contribution in [1.29, 1.82) is 0 Å². The average Bonchev–Trinajstić information content (AvgIpc) is 3.30. The molecule has 3 aromatic rings. The second kappa shape index (κ2) is 9.54. The lowest BCUT2D eigenvalue weighted by atomic mass is 9.96. The number of thiazole rings is 1. The van der Waals surface area contributed by atoms with Crippen LogP contribution >= 0.6 is 34.3 Å². The Morgan fingerprint density at radius 1 is 1.25 bits per heavy atom. The molecule has 2 aromatic heterocycles. The van der Waals surface area contributed by atoms with Crippen LogP contribution in [0.15, 0.2) is 56.8 Å². The monoisotopic (exact) mass is 488 g/mol. The first-order valence-corrected chi connectivity index (χ1v) is 12.0. The number of thiophene rings is 1. The lowest BCUT2D eigenvalue weighted by Gasteiger charge is -2.25. The van der Waals surface area contributed by atoms with Crippen LogP contribution in [0.1, 0.15) is 29.0 Å². The van der Waals surface area contributed by atoms with E-state index in [1.165, 1.54) is 18.4 Å². The van der Waals surface area contributed by atoms with Crippen LogP contribution < -0.4 is 14.9 Å². The van der Waals surface area contributed by atoms with Crippen molar-refractivity contribution >= 4 is 46.3 Å². The van der Waals surface area contributed by atoms with E-state index in [4.69, 9.17) is 21.1 Å². The number of aromatic nitrogens is 1. The summed E-state index contributed by atoms with van der Waals surface area (Å²) in [6.07, 6.45) is 1.88. The van der Waals surface area contributed by atoms with Crippen LogP contribution in [0.3, 0.4) is 0 Å². The normalized spacial score (nSPS) is 16.1. The molecule has 4 rings (SSSR count). The Kier molecular flexibility index (Phi) is 6.76. The third kappa shape index (κ3) is 4.23. The van der Waals surface area contributed by atoms with Crippen molar-refractivity contribution < 1.29 is 14.3 Å². The van der Waals surface area contributed by atoms with E-state index in [9.17, 15) is 9.59 Å². The van der Waals surface area contributed by atoms with Gasteiger partial charge in [-0.2, -0.15) is 0 Å². The maximum absolute atomic E-state index is 13.5. The van der Waals surface area contributed by atoms with Crippen LogP contribution in [0.5, 0.6) is 0 Å². The van der Waals surface area contributed by atoms with Crippen molar-refractivity contribution in [3.63, 3.8) is 0 Å². The number of methoxy groups -OCH3 is 1. The van der Waals surface area contributed by atoms with Gasteiger partial charge in [-0.25, -0.2) is 9.79 Å². The van der Waals surface area contributed by atoms with Crippen molar-refractivity contribution in [2.75, 3.05) is 20.3 Å². The van der Waals surface area contributed by atoms with Crippen molar-refractivity contribution in [1.82, 2.24) is 4.57 Å². The molecule has 166 valence electrons. The van der Waals surface area contributed by atoms with Crippen LogP contribution in [0.4, 0.5) is 0 Å². The molecule has 6 nitrogen and oxygen atoms in total. The molecule has 1 aliphatic rings. The zero-order chi connectivity index (χ0) is 22.8. The highest BCUT2D eigenvalue weighted by Gasteiger charge is 2.34. The Hall–Kier alpha value is -2.52. The van der Waals surface area contributed by atoms with Crippen molar-refractivity contribution in [2.24, 2.45) is 4.99 Å². The summed E-state index contributed by atoms with van der Waals surface area (Å²) in [4.78, 5) is 32.7. The SMILES string of the molecule is COCCOC(=O)C1=C(C)N=c2s/c(=C\c3sccc3C)c(=O)n2C1c1ccccc1Cl. The van der Waals surface area contributed by atoms with E-state index in [2.05, 4.69) is 4.99 Å². The summed E-state index contributed by atoms with van der Waals surface area (Å²) in [6.45, 7) is 4.12. The number of aryl methyl sites for hydroxylation is 1. The van der Waals surface area contributed by atoms with E-state index < -0.39 is 12.0 Å². The fraction of sp³-hybridized carbons (Fsp3) is 0.261. The zero-order valence-corrected chi connectivity index (χ0v) is 20.1. The molecule has 0 fully saturated rings. The molecule has 1 unspecified atom stereocenters. The molecule has 0 amide bonds. The molecule has 0 N–H and O–H groups in total. The minimum Gasteiger partial charge on any atom is -0.460 e. The smallest absolute Gasteiger partial charge is 0.338 e. The summed E-state index contributed by atoms with van der Waals surface area (Å²) in [6, 6.07) is 8.47. The van der Waals surface area contributed by atoms with Gasteiger partial charge in [-0.05, 0) is 48.6 Å². The van der Waals surface area contributed by atoms with Crippen molar-refractivity contribution in [3.8, 4) is 0 Å². The first kappa shape index (κ1) is 22.7. The Morgan fingerprint density at radius 3 is 2.72 bits per heavy atom. The lowest BCUT2D eigenvalue weighted by Crippen LogP contribution is -2.40. The number of esters is 1. The second-order valence-electron chi connectivity index (χ2n) is 7.20. The summed E-state index contributed by atoms with van der Waals surface area (Å²) >= 11 is 9.39. The molecule has 32 heavy (non-hydrogen) atoms. The zero-order valence-electron chi connectivity index (χ0n) is 17.8. The predicted octanol–water partition coefficient (Wildman–Crippen LogP) is 3.45. The fourth-order valence-corrected chi connectivity index (χ4v) is 5.72. The Labute approximate surface area is 197 Å². The van der Waals surface area contributed by atoms with Crippen molar-refractivity contribution in [3.05, 3.63) is 87.7 Å². The Bertz CT molecular complexity index is 1380. The highest BCUT2D eigenvalue weighted by Crippen LogP contribution is 2.34. The minimum absolute atomic E-state index is 0.101. The number of ether oxygens (including phenoxy) is 2. The van der Waals surface area contributed by atoms with E-state index in [1.807, 2.05) is 42.6 Å². The maximum Gasteiger partial charge on any atom is 0.338 e. The Balaban J connectivity index is 1.92. The molecule has 0 saturated heterocycles. The van der Waals surface area contributed by atoms with Gasteiger partial charge in [0.05, 0.1) is 22.4 Å².